The lowest BCUT2D eigenvalue weighted by Crippen LogP contribution is -2.42. The van der Waals surface area contributed by atoms with Crippen molar-refractivity contribution in [3.05, 3.63) is 71.4 Å². The molecule has 28 heavy (non-hydrogen) atoms. The van der Waals surface area contributed by atoms with Gasteiger partial charge in [-0.25, -0.2) is 0 Å². The molecule has 2 amide bonds. The fourth-order valence-corrected chi connectivity index (χ4v) is 6.06. The molecule has 1 fully saturated rings. The fraction of sp³-hybridized carbons (Fsp3) is 0.238. The van der Waals surface area contributed by atoms with Crippen LogP contribution in [0, 0.1) is 0 Å². The molecule has 1 aliphatic heterocycles. The minimum Gasteiger partial charge on any atom is -0.361 e. The van der Waals surface area contributed by atoms with Crippen LogP contribution in [0.25, 0.3) is 10.9 Å². The van der Waals surface area contributed by atoms with E-state index in [2.05, 4.69) is 15.8 Å². The van der Waals surface area contributed by atoms with Crippen LogP contribution in [0.5, 0.6) is 0 Å². The van der Waals surface area contributed by atoms with Crippen molar-refractivity contribution in [3.8, 4) is 0 Å². The zero-order chi connectivity index (χ0) is 19.3. The van der Waals surface area contributed by atoms with E-state index in [1.54, 1.807) is 0 Å². The quantitative estimate of drug-likeness (QED) is 0.567. The maximum atomic E-state index is 12.3. The average Bonchev–Trinajstić information content (AvgIpc) is 3.15. The van der Waals surface area contributed by atoms with E-state index < -0.39 is 0 Å². The molecule has 0 spiro atoms. The summed E-state index contributed by atoms with van der Waals surface area (Å²) in [7, 11) is 0. The van der Waals surface area contributed by atoms with Crippen LogP contribution in [0.15, 0.2) is 54.7 Å². The maximum Gasteiger partial charge on any atom is 0.269 e. The number of aromatic amines is 1. The molecule has 144 valence electrons. The molecular weight excluding hydrogens is 390 g/mol. The van der Waals surface area contributed by atoms with Crippen LogP contribution in [0.1, 0.15) is 32.5 Å². The standard InChI is InChI=1S/C21H21N3O2S2/c25-19(12-16-13-22-18-5-2-1-4-17(16)18)23-24-20(26)14-6-8-15(9-7-14)21-27-10-3-11-28-21/h1-2,4-9,13,21-22H,3,10-12H2,(H,23,25)(H,24,26). The van der Waals surface area contributed by atoms with E-state index in [4.69, 9.17) is 0 Å². The predicted molar refractivity (Wildman–Crippen MR) is 116 cm³/mol. The highest BCUT2D eigenvalue weighted by molar-refractivity contribution is 8.16. The van der Waals surface area contributed by atoms with Gasteiger partial charge in [0.05, 0.1) is 11.0 Å². The number of para-hydroxylation sites is 1. The van der Waals surface area contributed by atoms with E-state index in [1.807, 2.05) is 78.3 Å². The van der Waals surface area contributed by atoms with Crippen molar-refractivity contribution in [3.63, 3.8) is 0 Å². The number of thioether (sulfide) groups is 2. The summed E-state index contributed by atoms with van der Waals surface area (Å²) in [5.41, 5.74) is 8.65. The summed E-state index contributed by atoms with van der Waals surface area (Å²) in [6, 6.07) is 15.4. The van der Waals surface area contributed by atoms with Gasteiger partial charge in [0, 0.05) is 22.7 Å². The van der Waals surface area contributed by atoms with E-state index in [9.17, 15) is 9.59 Å². The van der Waals surface area contributed by atoms with E-state index in [-0.39, 0.29) is 18.2 Å². The van der Waals surface area contributed by atoms with Crippen LogP contribution in [0.3, 0.4) is 0 Å². The van der Waals surface area contributed by atoms with Gasteiger partial charge in [0.2, 0.25) is 5.91 Å². The molecule has 5 nitrogen and oxygen atoms in total. The highest BCUT2D eigenvalue weighted by atomic mass is 32.2. The van der Waals surface area contributed by atoms with Gasteiger partial charge in [-0.05, 0) is 47.3 Å². The van der Waals surface area contributed by atoms with Gasteiger partial charge in [-0.3, -0.25) is 20.4 Å². The Bertz CT molecular complexity index is 979. The van der Waals surface area contributed by atoms with Crippen LogP contribution in [0.2, 0.25) is 0 Å². The molecule has 4 rings (SSSR count). The second-order valence-corrected chi connectivity index (χ2v) is 9.31. The average molecular weight is 412 g/mol. The van der Waals surface area contributed by atoms with Crippen LogP contribution in [-0.4, -0.2) is 28.3 Å². The normalized spacial score (nSPS) is 14.7. The number of hydrogen-bond donors (Lipinski definition) is 3. The van der Waals surface area contributed by atoms with E-state index >= 15 is 0 Å². The molecule has 0 saturated carbocycles. The van der Waals surface area contributed by atoms with Crippen molar-refractivity contribution < 1.29 is 9.59 Å². The van der Waals surface area contributed by atoms with E-state index in [1.165, 1.54) is 23.5 Å². The third-order valence-corrected chi connectivity index (χ3v) is 7.63. The van der Waals surface area contributed by atoms with Gasteiger partial charge in [-0.15, -0.1) is 23.5 Å². The van der Waals surface area contributed by atoms with E-state index in [0.717, 1.165) is 16.5 Å². The number of rotatable bonds is 4. The molecule has 1 saturated heterocycles. The van der Waals surface area contributed by atoms with Gasteiger partial charge >= 0.3 is 0 Å². The van der Waals surface area contributed by atoms with Crippen LogP contribution >= 0.6 is 23.5 Å². The Labute approximate surface area is 172 Å². The lowest BCUT2D eigenvalue weighted by molar-refractivity contribution is -0.121. The second kappa shape index (κ2) is 8.75. The monoisotopic (exact) mass is 411 g/mol. The van der Waals surface area contributed by atoms with Gasteiger partial charge in [-0.1, -0.05) is 30.3 Å². The predicted octanol–water partition coefficient (Wildman–Crippen LogP) is 4.04. The van der Waals surface area contributed by atoms with Crippen molar-refractivity contribution in [1.29, 1.82) is 0 Å². The Morgan fingerprint density at radius 3 is 2.54 bits per heavy atom. The molecule has 7 heteroatoms. The number of hydrogen-bond acceptors (Lipinski definition) is 4. The summed E-state index contributed by atoms with van der Waals surface area (Å²) in [6.45, 7) is 0. The topological polar surface area (TPSA) is 74.0 Å². The molecule has 1 aromatic heterocycles. The largest absolute Gasteiger partial charge is 0.361 e. The fourth-order valence-electron chi connectivity index (χ4n) is 3.17. The second-order valence-electron chi connectivity index (χ2n) is 6.59. The molecule has 0 bridgehead atoms. The molecule has 2 heterocycles. The summed E-state index contributed by atoms with van der Waals surface area (Å²) < 4.78 is 0.446. The molecule has 0 aliphatic carbocycles. The Kier molecular flexibility index (Phi) is 5.92. The first-order valence-corrected chi connectivity index (χ1v) is 11.3. The van der Waals surface area contributed by atoms with Gasteiger partial charge in [0.1, 0.15) is 0 Å². The molecule has 3 aromatic rings. The SMILES string of the molecule is O=C(Cc1c[nH]c2ccccc12)NNC(=O)c1ccc(C2SCCCS2)cc1. The number of aromatic nitrogens is 1. The Morgan fingerprint density at radius 2 is 1.75 bits per heavy atom. The minimum absolute atomic E-state index is 0.194. The van der Waals surface area contributed by atoms with Gasteiger partial charge in [0.25, 0.3) is 5.91 Å². The summed E-state index contributed by atoms with van der Waals surface area (Å²) in [6.07, 6.45) is 3.27. The first-order valence-electron chi connectivity index (χ1n) is 9.18. The van der Waals surface area contributed by atoms with Crippen molar-refractivity contribution in [1.82, 2.24) is 15.8 Å². The molecule has 0 atom stereocenters. The summed E-state index contributed by atoms with van der Waals surface area (Å²) in [4.78, 5) is 27.7. The number of fused-ring (bicyclic) bond motifs is 1. The van der Waals surface area contributed by atoms with Crippen molar-refractivity contribution in [2.24, 2.45) is 0 Å². The van der Waals surface area contributed by atoms with Crippen molar-refractivity contribution in [2.75, 3.05) is 11.5 Å². The summed E-state index contributed by atoms with van der Waals surface area (Å²) in [5.74, 6) is 1.79. The number of H-pyrrole nitrogens is 1. The number of benzene rings is 2. The van der Waals surface area contributed by atoms with Gasteiger partial charge in [-0.2, -0.15) is 0 Å². The molecule has 1 aliphatic rings. The molecule has 3 N–H and O–H groups in total. The highest BCUT2D eigenvalue weighted by Crippen LogP contribution is 2.43. The minimum atomic E-state index is -0.317. The number of nitrogens with one attached hydrogen (secondary N) is 3. The smallest absolute Gasteiger partial charge is 0.269 e. The molecule has 0 unspecified atom stereocenters. The third kappa shape index (κ3) is 4.36. The molecule has 2 aromatic carbocycles. The van der Waals surface area contributed by atoms with E-state index in [0.29, 0.717) is 10.1 Å². The lowest BCUT2D eigenvalue weighted by Gasteiger charge is -2.21. The van der Waals surface area contributed by atoms with Crippen LogP contribution < -0.4 is 10.9 Å². The number of carbonyl (C=O) groups is 2. The zero-order valence-electron chi connectivity index (χ0n) is 15.2. The number of amides is 2. The summed E-state index contributed by atoms with van der Waals surface area (Å²) in [5, 5.41) is 1.01. The lowest BCUT2D eigenvalue weighted by atomic mass is 10.1. The van der Waals surface area contributed by atoms with Crippen molar-refractivity contribution in [2.45, 2.75) is 17.4 Å². The molecular formula is C21H21N3O2S2. The van der Waals surface area contributed by atoms with Crippen LogP contribution in [0.4, 0.5) is 0 Å². The van der Waals surface area contributed by atoms with Gasteiger partial charge in [0.15, 0.2) is 0 Å². The highest BCUT2D eigenvalue weighted by Gasteiger charge is 2.17. The number of hydrazine groups is 1. The number of carbonyl (C=O) groups excluding carboxylic acids is 2. The first-order chi connectivity index (χ1) is 13.7. The maximum absolute atomic E-state index is 12.3. The van der Waals surface area contributed by atoms with Gasteiger partial charge < -0.3 is 4.98 Å². The Morgan fingerprint density at radius 1 is 1.00 bits per heavy atom. The summed E-state index contributed by atoms with van der Waals surface area (Å²) >= 11 is 3.90. The zero-order valence-corrected chi connectivity index (χ0v) is 16.9. The third-order valence-electron chi connectivity index (χ3n) is 4.61. The van der Waals surface area contributed by atoms with Crippen molar-refractivity contribution >= 4 is 46.2 Å². The molecule has 0 radical (unpaired) electrons. The Hall–Kier alpha value is -2.38. The van der Waals surface area contributed by atoms with Crippen LogP contribution in [-0.2, 0) is 11.2 Å². The Balaban J connectivity index is 1.31. The first kappa shape index (κ1) is 19.0.